The summed E-state index contributed by atoms with van der Waals surface area (Å²) in [6.07, 6.45) is 7.58. The van der Waals surface area contributed by atoms with E-state index in [2.05, 4.69) is 24.5 Å². The maximum atomic E-state index is 13.3. The molecule has 0 bridgehead atoms. The Morgan fingerprint density at radius 1 is 1.14 bits per heavy atom. The molecule has 200 valence electrons. The summed E-state index contributed by atoms with van der Waals surface area (Å²) in [5.41, 5.74) is 1.80. The van der Waals surface area contributed by atoms with Crippen molar-refractivity contribution in [1.82, 2.24) is 10.6 Å². The Labute approximate surface area is 221 Å². The second-order valence-electron chi connectivity index (χ2n) is 11.1. The molecule has 1 saturated carbocycles. The van der Waals surface area contributed by atoms with Crippen molar-refractivity contribution in [2.45, 2.75) is 86.1 Å². The minimum absolute atomic E-state index is 0.0133. The van der Waals surface area contributed by atoms with Crippen LogP contribution in [0.5, 0.6) is 0 Å². The molecule has 1 aliphatic heterocycles. The van der Waals surface area contributed by atoms with Gasteiger partial charge in [0.1, 0.15) is 0 Å². The molecule has 7 heteroatoms. The third kappa shape index (κ3) is 6.24. The number of hydrogen-bond donors (Lipinski definition) is 2. The number of carbonyl (C=O) groups is 3. The van der Waals surface area contributed by atoms with Crippen LogP contribution < -0.4 is 15.5 Å². The summed E-state index contributed by atoms with van der Waals surface area (Å²) >= 11 is 6.40. The third-order valence-electron chi connectivity index (χ3n) is 8.41. The van der Waals surface area contributed by atoms with E-state index >= 15 is 0 Å². The number of amides is 3. The Hall–Kier alpha value is -2.08. The van der Waals surface area contributed by atoms with Gasteiger partial charge in [0.05, 0.1) is 5.92 Å². The van der Waals surface area contributed by atoms with Crippen molar-refractivity contribution in [2.24, 2.45) is 29.6 Å². The first-order valence-corrected chi connectivity index (χ1v) is 14.1. The van der Waals surface area contributed by atoms with Gasteiger partial charge in [-0.2, -0.15) is 0 Å². The Balaban J connectivity index is 1.78. The summed E-state index contributed by atoms with van der Waals surface area (Å²) in [5, 5.41) is 6.64. The van der Waals surface area contributed by atoms with Crippen LogP contribution in [0.15, 0.2) is 12.1 Å². The standard InChI is InChI=1S/C29H44ClN3O3/c1-7-33(29(36)17(2)3)25-15-22(30)14-23(18(25)4)27(34)31-16-24-19(5)26(20(6)32-28(24)35)21-12-10-8-9-11-13-21/h14-15,17,19-21,24,26H,7-13,16H2,1-6H3,(H,31,34)(H,32,35). The fraction of sp³-hybridized carbons (Fsp3) is 0.690. The average molecular weight is 518 g/mol. The number of rotatable bonds is 7. The second-order valence-corrected chi connectivity index (χ2v) is 11.6. The molecule has 1 aromatic carbocycles. The van der Waals surface area contributed by atoms with Crippen LogP contribution in [0.2, 0.25) is 5.02 Å². The quantitative estimate of drug-likeness (QED) is 0.452. The van der Waals surface area contributed by atoms with Gasteiger partial charge in [-0.05, 0) is 56.2 Å². The number of nitrogens with zero attached hydrogens (tertiary/aromatic N) is 1. The van der Waals surface area contributed by atoms with Crippen molar-refractivity contribution in [2.75, 3.05) is 18.0 Å². The Kier molecular flexibility index (Phi) is 9.85. The molecule has 3 rings (SSSR count). The molecule has 0 radical (unpaired) electrons. The first kappa shape index (κ1) is 28.5. The maximum absolute atomic E-state index is 13.3. The van der Waals surface area contributed by atoms with E-state index in [0.29, 0.717) is 40.2 Å². The van der Waals surface area contributed by atoms with Crippen molar-refractivity contribution in [3.8, 4) is 0 Å². The fourth-order valence-electron chi connectivity index (χ4n) is 6.44. The maximum Gasteiger partial charge on any atom is 0.251 e. The molecular weight excluding hydrogens is 474 g/mol. The second kappa shape index (κ2) is 12.4. The summed E-state index contributed by atoms with van der Waals surface area (Å²) in [4.78, 5) is 40.8. The molecule has 1 saturated heterocycles. The molecule has 36 heavy (non-hydrogen) atoms. The molecule has 1 aliphatic carbocycles. The lowest BCUT2D eigenvalue weighted by molar-refractivity contribution is -0.132. The molecule has 2 fully saturated rings. The molecule has 2 aliphatic rings. The molecule has 4 unspecified atom stereocenters. The van der Waals surface area contributed by atoms with Crippen LogP contribution in [-0.4, -0.2) is 36.9 Å². The van der Waals surface area contributed by atoms with Crippen LogP contribution in [0.3, 0.4) is 0 Å². The summed E-state index contributed by atoms with van der Waals surface area (Å²) in [6, 6.07) is 3.54. The molecular formula is C29H44ClN3O3. The van der Waals surface area contributed by atoms with Gasteiger partial charge in [0, 0.05) is 41.3 Å². The molecule has 1 heterocycles. The number of carbonyl (C=O) groups excluding carboxylic acids is 3. The van der Waals surface area contributed by atoms with E-state index in [0.717, 1.165) is 0 Å². The van der Waals surface area contributed by atoms with E-state index in [1.807, 2.05) is 27.7 Å². The number of hydrogen-bond acceptors (Lipinski definition) is 3. The smallest absolute Gasteiger partial charge is 0.251 e. The van der Waals surface area contributed by atoms with E-state index in [9.17, 15) is 14.4 Å². The monoisotopic (exact) mass is 517 g/mol. The highest BCUT2D eigenvalue weighted by Gasteiger charge is 2.43. The zero-order valence-electron chi connectivity index (χ0n) is 22.8. The molecule has 0 spiro atoms. The number of benzene rings is 1. The Bertz CT molecular complexity index is 955. The lowest BCUT2D eigenvalue weighted by atomic mass is 9.67. The molecule has 6 nitrogen and oxygen atoms in total. The predicted octanol–water partition coefficient (Wildman–Crippen LogP) is 5.74. The van der Waals surface area contributed by atoms with Gasteiger partial charge in [0.2, 0.25) is 11.8 Å². The van der Waals surface area contributed by atoms with Gasteiger partial charge in [0.25, 0.3) is 5.91 Å². The summed E-state index contributed by atoms with van der Waals surface area (Å²) in [6.45, 7) is 12.6. The average Bonchev–Trinajstić information content (AvgIpc) is 3.10. The van der Waals surface area contributed by atoms with E-state index in [-0.39, 0.29) is 48.1 Å². The minimum atomic E-state index is -0.271. The van der Waals surface area contributed by atoms with Gasteiger partial charge in [-0.15, -0.1) is 0 Å². The zero-order valence-corrected chi connectivity index (χ0v) is 23.6. The normalized spacial score (nSPS) is 25.3. The molecule has 4 atom stereocenters. The number of halogens is 1. The molecule has 2 N–H and O–H groups in total. The van der Waals surface area contributed by atoms with Crippen LogP contribution in [0, 0.1) is 36.5 Å². The number of anilines is 1. The number of piperidine rings is 1. The highest BCUT2D eigenvalue weighted by molar-refractivity contribution is 6.31. The van der Waals surface area contributed by atoms with Gasteiger partial charge in [-0.1, -0.05) is 70.9 Å². The van der Waals surface area contributed by atoms with Gasteiger partial charge >= 0.3 is 0 Å². The predicted molar refractivity (Wildman–Crippen MR) is 146 cm³/mol. The fourth-order valence-corrected chi connectivity index (χ4v) is 6.65. The van der Waals surface area contributed by atoms with E-state index in [1.54, 1.807) is 17.0 Å². The Morgan fingerprint density at radius 3 is 2.36 bits per heavy atom. The van der Waals surface area contributed by atoms with Crippen LogP contribution in [0.25, 0.3) is 0 Å². The Morgan fingerprint density at radius 2 is 1.78 bits per heavy atom. The summed E-state index contributed by atoms with van der Waals surface area (Å²) < 4.78 is 0. The third-order valence-corrected chi connectivity index (χ3v) is 8.63. The van der Waals surface area contributed by atoms with Crippen molar-refractivity contribution in [3.63, 3.8) is 0 Å². The van der Waals surface area contributed by atoms with Crippen molar-refractivity contribution >= 4 is 35.0 Å². The van der Waals surface area contributed by atoms with Crippen LogP contribution in [0.1, 0.15) is 89.1 Å². The van der Waals surface area contributed by atoms with Crippen molar-refractivity contribution in [1.29, 1.82) is 0 Å². The zero-order chi connectivity index (χ0) is 26.6. The summed E-state index contributed by atoms with van der Waals surface area (Å²) in [7, 11) is 0. The first-order chi connectivity index (χ1) is 17.1. The highest BCUT2D eigenvalue weighted by Crippen LogP contribution is 2.40. The van der Waals surface area contributed by atoms with Gasteiger partial charge in [-0.25, -0.2) is 0 Å². The summed E-state index contributed by atoms with van der Waals surface area (Å²) in [5.74, 6) is 0.517. The molecule has 3 amide bonds. The van der Waals surface area contributed by atoms with Crippen molar-refractivity contribution < 1.29 is 14.4 Å². The van der Waals surface area contributed by atoms with Gasteiger partial charge < -0.3 is 15.5 Å². The van der Waals surface area contributed by atoms with E-state index in [4.69, 9.17) is 11.6 Å². The van der Waals surface area contributed by atoms with E-state index in [1.165, 1.54) is 38.5 Å². The van der Waals surface area contributed by atoms with Gasteiger partial charge in [0.15, 0.2) is 0 Å². The lowest BCUT2D eigenvalue weighted by Gasteiger charge is -2.44. The lowest BCUT2D eigenvalue weighted by Crippen LogP contribution is -2.57. The highest BCUT2D eigenvalue weighted by atomic mass is 35.5. The SMILES string of the molecule is CCN(C(=O)C(C)C)c1cc(Cl)cc(C(=O)NCC2C(=O)NC(C)C(C3CCCCCC3)C2C)c1C. The van der Waals surface area contributed by atoms with Crippen LogP contribution in [-0.2, 0) is 9.59 Å². The van der Waals surface area contributed by atoms with E-state index < -0.39 is 0 Å². The first-order valence-electron chi connectivity index (χ1n) is 13.8. The van der Waals surface area contributed by atoms with Crippen molar-refractivity contribution in [3.05, 3.63) is 28.3 Å². The molecule has 0 aromatic heterocycles. The van der Waals surface area contributed by atoms with Crippen LogP contribution >= 0.6 is 11.6 Å². The largest absolute Gasteiger partial charge is 0.353 e. The minimum Gasteiger partial charge on any atom is -0.353 e. The van der Waals surface area contributed by atoms with Crippen LogP contribution in [0.4, 0.5) is 5.69 Å². The topological polar surface area (TPSA) is 78.5 Å². The number of nitrogens with one attached hydrogen (secondary N) is 2. The van der Waals surface area contributed by atoms with Gasteiger partial charge in [-0.3, -0.25) is 14.4 Å². The molecule has 1 aromatic rings.